The molecule has 0 saturated carbocycles. The van der Waals surface area contributed by atoms with Crippen molar-refractivity contribution in [2.24, 2.45) is 0 Å². The van der Waals surface area contributed by atoms with Gasteiger partial charge in [0.2, 0.25) is 0 Å². The van der Waals surface area contributed by atoms with Crippen molar-refractivity contribution in [1.82, 2.24) is 5.32 Å². The third-order valence-corrected chi connectivity index (χ3v) is 1.90. The summed E-state index contributed by atoms with van der Waals surface area (Å²) in [6.07, 6.45) is 0. The van der Waals surface area contributed by atoms with Crippen molar-refractivity contribution in [2.75, 3.05) is 6.54 Å². The number of nitrogens with one attached hydrogen (secondary N) is 1. The summed E-state index contributed by atoms with van der Waals surface area (Å²) in [6, 6.07) is 1.56. The number of halogens is 3. The Balaban J connectivity index is 3.09. The monoisotopic (exact) mass is 219 g/mol. The van der Waals surface area contributed by atoms with Crippen LogP contribution in [0, 0.1) is 11.6 Å². The van der Waals surface area contributed by atoms with E-state index in [0.29, 0.717) is 6.54 Å². The van der Waals surface area contributed by atoms with Gasteiger partial charge in [0.15, 0.2) is 11.6 Å². The minimum absolute atomic E-state index is 0.0626. The largest absolute Gasteiger partial charge is 0.352 e. The fourth-order valence-electron chi connectivity index (χ4n) is 0.952. The summed E-state index contributed by atoms with van der Waals surface area (Å²) in [5, 5.41) is 2.33. The molecular weight excluding hydrogens is 212 g/mol. The van der Waals surface area contributed by atoms with Crippen LogP contribution in [-0.4, -0.2) is 12.5 Å². The van der Waals surface area contributed by atoms with E-state index in [4.69, 9.17) is 11.6 Å². The second kappa shape index (κ2) is 4.37. The lowest BCUT2D eigenvalue weighted by Gasteiger charge is -2.04. The van der Waals surface area contributed by atoms with Crippen LogP contribution in [0.4, 0.5) is 8.78 Å². The zero-order valence-electron chi connectivity index (χ0n) is 7.40. The molecular formula is C9H8ClF2NO. The maximum atomic E-state index is 12.7. The van der Waals surface area contributed by atoms with Crippen LogP contribution in [0.2, 0.25) is 5.02 Å². The molecule has 0 unspecified atom stereocenters. The zero-order chi connectivity index (χ0) is 10.7. The van der Waals surface area contributed by atoms with Crippen LogP contribution in [0.15, 0.2) is 12.1 Å². The molecule has 0 saturated heterocycles. The Labute approximate surface area is 84.9 Å². The van der Waals surface area contributed by atoms with Gasteiger partial charge in [-0.15, -0.1) is 0 Å². The van der Waals surface area contributed by atoms with E-state index in [2.05, 4.69) is 5.32 Å². The molecule has 0 bridgehead atoms. The summed E-state index contributed by atoms with van der Waals surface area (Å²) < 4.78 is 25.4. The highest BCUT2D eigenvalue weighted by atomic mass is 35.5. The van der Waals surface area contributed by atoms with Crippen LogP contribution >= 0.6 is 11.6 Å². The van der Waals surface area contributed by atoms with Gasteiger partial charge in [0, 0.05) is 6.54 Å². The lowest BCUT2D eigenvalue weighted by molar-refractivity contribution is 0.0955. The van der Waals surface area contributed by atoms with Gasteiger partial charge in [-0.3, -0.25) is 4.79 Å². The number of hydrogen-bond acceptors (Lipinski definition) is 1. The minimum Gasteiger partial charge on any atom is -0.352 e. The minimum atomic E-state index is -1.09. The first kappa shape index (κ1) is 10.9. The first-order valence-electron chi connectivity index (χ1n) is 3.99. The normalized spacial score (nSPS) is 10.0. The molecule has 1 rings (SSSR count). The summed E-state index contributed by atoms with van der Waals surface area (Å²) in [7, 11) is 0. The van der Waals surface area contributed by atoms with Gasteiger partial charge in [-0.1, -0.05) is 11.6 Å². The Hall–Kier alpha value is -1.16. The van der Waals surface area contributed by atoms with Crippen molar-refractivity contribution in [3.63, 3.8) is 0 Å². The smallest absolute Gasteiger partial charge is 0.252 e. The highest BCUT2D eigenvalue weighted by molar-refractivity contribution is 6.33. The molecule has 1 N–H and O–H groups in total. The lowest BCUT2D eigenvalue weighted by Crippen LogP contribution is -2.23. The summed E-state index contributed by atoms with van der Waals surface area (Å²) in [4.78, 5) is 11.2. The van der Waals surface area contributed by atoms with Gasteiger partial charge in [0.25, 0.3) is 5.91 Å². The van der Waals surface area contributed by atoms with Gasteiger partial charge in [0.05, 0.1) is 10.6 Å². The van der Waals surface area contributed by atoms with E-state index in [9.17, 15) is 13.6 Å². The molecule has 0 radical (unpaired) electrons. The Morgan fingerprint density at radius 1 is 1.43 bits per heavy atom. The average molecular weight is 220 g/mol. The predicted octanol–water partition coefficient (Wildman–Crippen LogP) is 2.37. The molecule has 0 aromatic heterocycles. The molecule has 0 heterocycles. The van der Waals surface area contributed by atoms with E-state index < -0.39 is 17.5 Å². The maximum Gasteiger partial charge on any atom is 0.252 e. The topological polar surface area (TPSA) is 29.1 Å². The molecule has 0 spiro atoms. The average Bonchev–Trinajstić information content (AvgIpc) is 2.11. The molecule has 5 heteroatoms. The van der Waals surface area contributed by atoms with Gasteiger partial charge in [0.1, 0.15) is 0 Å². The van der Waals surface area contributed by atoms with Crippen LogP contribution in [0.5, 0.6) is 0 Å². The van der Waals surface area contributed by atoms with Gasteiger partial charge < -0.3 is 5.32 Å². The van der Waals surface area contributed by atoms with E-state index in [1.54, 1.807) is 6.92 Å². The number of rotatable bonds is 2. The van der Waals surface area contributed by atoms with Crippen LogP contribution in [-0.2, 0) is 0 Å². The van der Waals surface area contributed by atoms with Crippen molar-refractivity contribution in [3.8, 4) is 0 Å². The second-order valence-corrected chi connectivity index (χ2v) is 3.01. The summed E-state index contributed by atoms with van der Waals surface area (Å²) in [6.45, 7) is 2.11. The van der Waals surface area contributed by atoms with Crippen molar-refractivity contribution < 1.29 is 13.6 Å². The Morgan fingerprint density at radius 2 is 2.00 bits per heavy atom. The molecule has 1 aromatic rings. The molecule has 0 fully saturated rings. The van der Waals surface area contributed by atoms with Gasteiger partial charge in [-0.25, -0.2) is 8.78 Å². The third kappa shape index (κ3) is 2.20. The lowest BCUT2D eigenvalue weighted by atomic mass is 10.2. The van der Waals surface area contributed by atoms with E-state index >= 15 is 0 Å². The highest BCUT2D eigenvalue weighted by Gasteiger charge is 2.13. The quantitative estimate of drug-likeness (QED) is 0.761. The summed E-state index contributed by atoms with van der Waals surface area (Å²) in [5.41, 5.74) is -0.0626. The van der Waals surface area contributed by atoms with E-state index in [1.807, 2.05) is 0 Å². The van der Waals surface area contributed by atoms with Crippen molar-refractivity contribution in [2.45, 2.75) is 6.92 Å². The molecule has 1 aromatic carbocycles. The van der Waals surface area contributed by atoms with Crippen LogP contribution in [0.1, 0.15) is 17.3 Å². The molecule has 1 amide bonds. The van der Waals surface area contributed by atoms with Gasteiger partial charge in [-0.05, 0) is 19.1 Å². The zero-order valence-corrected chi connectivity index (χ0v) is 8.16. The van der Waals surface area contributed by atoms with Crippen LogP contribution < -0.4 is 5.32 Å². The molecule has 0 aliphatic heterocycles. The van der Waals surface area contributed by atoms with E-state index in [-0.39, 0.29) is 10.6 Å². The van der Waals surface area contributed by atoms with E-state index in [0.717, 1.165) is 12.1 Å². The summed E-state index contributed by atoms with van der Waals surface area (Å²) in [5.74, 6) is -2.67. The Bertz CT molecular complexity index is 368. The number of amides is 1. The highest BCUT2D eigenvalue weighted by Crippen LogP contribution is 2.19. The van der Waals surface area contributed by atoms with E-state index in [1.165, 1.54) is 0 Å². The predicted molar refractivity (Wildman–Crippen MR) is 49.4 cm³/mol. The number of carbonyl (C=O) groups excluding carboxylic acids is 1. The SMILES string of the molecule is CCNC(=O)c1cc(F)c(F)cc1Cl. The fraction of sp³-hybridized carbons (Fsp3) is 0.222. The van der Waals surface area contributed by atoms with Crippen molar-refractivity contribution in [3.05, 3.63) is 34.4 Å². The molecule has 0 aliphatic carbocycles. The van der Waals surface area contributed by atoms with Crippen molar-refractivity contribution >= 4 is 17.5 Å². The second-order valence-electron chi connectivity index (χ2n) is 2.61. The molecule has 76 valence electrons. The summed E-state index contributed by atoms with van der Waals surface area (Å²) >= 11 is 5.56. The Kier molecular flexibility index (Phi) is 3.41. The molecule has 0 atom stereocenters. The van der Waals surface area contributed by atoms with Crippen molar-refractivity contribution in [1.29, 1.82) is 0 Å². The molecule has 0 aliphatic rings. The molecule has 2 nitrogen and oxygen atoms in total. The van der Waals surface area contributed by atoms with Crippen LogP contribution in [0.3, 0.4) is 0 Å². The number of carbonyl (C=O) groups is 1. The number of hydrogen-bond donors (Lipinski definition) is 1. The number of benzene rings is 1. The maximum absolute atomic E-state index is 12.7. The first-order chi connectivity index (χ1) is 6.56. The van der Waals surface area contributed by atoms with Gasteiger partial charge in [-0.2, -0.15) is 0 Å². The first-order valence-corrected chi connectivity index (χ1v) is 4.36. The van der Waals surface area contributed by atoms with Gasteiger partial charge >= 0.3 is 0 Å². The standard InChI is InChI=1S/C9H8ClF2NO/c1-2-13-9(14)5-3-7(11)8(12)4-6(5)10/h3-4H,2H2,1H3,(H,13,14). The Morgan fingerprint density at radius 3 is 2.57 bits per heavy atom. The fourth-order valence-corrected chi connectivity index (χ4v) is 1.19. The van der Waals surface area contributed by atoms with Crippen LogP contribution in [0.25, 0.3) is 0 Å². The molecule has 14 heavy (non-hydrogen) atoms. The third-order valence-electron chi connectivity index (χ3n) is 1.59.